The SMILES string of the molecule is Nc1c(C=C(Br)Br)ccc2ccccc12.c1ccc(-c2cc3ccc4ccccc4c3[nH]2)cc1. The molecule has 0 saturated carbocycles. The average Bonchev–Trinajstić information content (AvgIpc) is 3.32. The molecule has 0 fully saturated rings. The van der Waals surface area contributed by atoms with Gasteiger partial charge in [-0.05, 0) is 65.9 Å². The second-order valence-electron chi connectivity index (χ2n) is 8.02. The first kappa shape index (κ1) is 22.5. The number of anilines is 1. The number of fused-ring (bicyclic) bond motifs is 4. The van der Waals surface area contributed by atoms with Gasteiger partial charge < -0.3 is 10.7 Å². The Kier molecular flexibility index (Phi) is 6.52. The Labute approximate surface area is 215 Å². The summed E-state index contributed by atoms with van der Waals surface area (Å²) < 4.78 is 0.886. The van der Waals surface area contributed by atoms with Crippen molar-refractivity contribution in [3.63, 3.8) is 0 Å². The molecule has 0 amide bonds. The monoisotopic (exact) mass is 568 g/mol. The van der Waals surface area contributed by atoms with E-state index in [2.05, 4.69) is 116 Å². The van der Waals surface area contributed by atoms with Crippen molar-refractivity contribution in [3.8, 4) is 11.3 Å². The van der Waals surface area contributed by atoms with Crippen LogP contribution in [0.25, 0.3) is 49.8 Å². The van der Waals surface area contributed by atoms with Crippen LogP contribution >= 0.6 is 31.9 Å². The van der Waals surface area contributed by atoms with Crippen molar-refractivity contribution in [2.45, 2.75) is 0 Å². The highest BCUT2D eigenvalue weighted by Crippen LogP contribution is 2.30. The van der Waals surface area contributed by atoms with Gasteiger partial charge >= 0.3 is 0 Å². The maximum Gasteiger partial charge on any atom is 0.0610 e. The average molecular weight is 570 g/mol. The van der Waals surface area contributed by atoms with Crippen molar-refractivity contribution in [2.75, 3.05) is 5.73 Å². The van der Waals surface area contributed by atoms with Gasteiger partial charge in [0.1, 0.15) is 0 Å². The van der Waals surface area contributed by atoms with Crippen LogP contribution in [0.15, 0.2) is 113 Å². The van der Waals surface area contributed by atoms with E-state index < -0.39 is 0 Å². The van der Waals surface area contributed by atoms with Gasteiger partial charge in [0.2, 0.25) is 0 Å². The number of nitrogens with one attached hydrogen (secondary N) is 1. The smallest absolute Gasteiger partial charge is 0.0610 e. The van der Waals surface area contributed by atoms with Crippen molar-refractivity contribution in [1.82, 2.24) is 4.98 Å². The van der Waals surface area contributed by atoms with Gasteiger partial charge in [0, 0.05) is 27.5 Å². The number of benzene rings is 5. The zero-order chi connectivity index (χ0) is 23.5. The van der Waals surface area contributed by atoms with Gasteiger partial charge in [-0.15, -0.1) is 0 Å². The fraction of sp³-hybridized carbons (Fsp3) is 0. The maximum absolute atomic E-state index is 6.08. The first-order valence-electron chi connectivity index (χ1n) is 11.0. The number of hydrogen-bond acceptors (Lipinski definition) is 1. The Hall–Kier alpha value is -3.34. The minimum Gasteiger partial charge on any atom is -0.398 e. The Balaban J connectivity index is 0.000000146. The summed E-state index contributed by atoms with van der Waals surface area (Å²) in [6, 6.07) is 37.7. The lowest BCUT2D eigenvalue weighted by atomic mass is 10.0. The fourth-order valence-electron chi connectivity index (χ4n) is 4.20. The molecule has 0 saturated heterocycles. The Bertz CT molecular complexity index is 1630. The second-order valence-corrected chi connectivity index (χ2v) is 10.8. The molecule has 4 heteroatoms. The van der Waals surface area contributed by atoms with Crippen LogP contribution in [0.2, 0.25) is 0 Å². The summed E-state index contributed by atoms with van der Waals surface area (Å²) in [4.78, 5) is 3.55. The summed E-state index contributed by atoms with van der Waals surface area (Å²) in [6.45, 7) is 0. The molecule has 0 spiro atoms. The van der Waals surface area contributed by atoms with Crippen LogP contribution in [0.3, 0.4) is 0 Å². The molecule has 1 aromatic heterocycles. The van der Waals surface area contributed by atoms with E-state index in [4.69, 9.17) is 5.73 Å². The van der Waals surface area contributed by atoms with E-state index in [1.165, 1.54) is 32.9 Å². The van der Waals surface area contributed by atoms with Gasteiger partial charge in [0.15, 0.2) is 0 Å². The van der Waals surface area contributed by atoms with Crippen LogP contribution in [-0.4, -0.2) is 4.98 Å². The van der Waals surface area contributed by atoms with Gasteiger partial charge in [-0.3, -0.25) is 0 Å². The van der Waals surface area contributed by atoms with Crippen LogP contribution < -0.4 is 5.73 Å². The summed E-state index contributed by atoms with van der Waals surface area (Å²) in [5, 5.41) is 6.07. The summed E-state index contributed by atoms with van der Waals surface area (Å²) in [5.74, 6) is 0. The van der Waals surface area contributed by atoms with E-state index in [0.717, 1.165) is 25.4 Å². The third-order valence-electron chi connectivity index (χ3n) is 5.87. The third kappa shape index (κ3) is 4.65. The van der Waals surface area contributed by atoms with E-state index in [1.807, 2.05) is 36.4 Å². The fourth-order valence-corrected chi connectivity index (χ4v) is 4.70. The number of rotatable bonds is 2. The lowest BCUT2D eigenvalue weighted by Gasteiger charge is -2.05. The van der Waals surface area contributed by atoms with Crippen molar-refractivity contribution in [2.24, 2.45) is 0 Å². The largest absolute Gasteiger partial charge is 0.398 e. The van der Waals surface area contributed by atoms with E-state index in [-0.39, 0.29) is 0 Å². The lowest BCUT2D eigenvalue weighted by molar-refractivity contribution is 1.46. The molecule has 6 rings (SSSR count). The van der Waals surface area contributed by atoms with Crippen LogP contribution in [0.5, 0.6) is 0 Å². The van der Waals surface area contributed by atoms with Gasteiger partial charge in [0.05, 0.1) is 8.91 Å². The lowest BCUT2D eigenvalue weighted by Crippen LogP contribution is -1.90. The zero-order valence-electron chi connectivity index (χ0n) is 18.3. The van der Waals surface area contributed by atoms with Crippen molar-refractivity contribution in [3.05, 3.63) is 118 Å². The normalized spacial score (nSPS) is 10.8. The minimum absolute atomic E-state index is 0.810. The molecule has 6 aromatic rings. The van der Waals surface area contributed by atoms with Crippen LogP contribution in [0.1, 0.15) is 5.56 Å². The maximum atomic E-state index is 6.08. The summed E-state index contributed by atoms with van der Waals surface area (Å²) >= 11 is 6.66. The molecule has 166 valence electrons. The predicted molar refractivity (Wildman–Crippen MR) is 155 cm³/mol. The molecule has 0 aliphatic heterocycles. The standard InChI is InChI=1S/C18H13N.C12H9Br2N/c1-2-7-14(8-3-1)17-12-15-11-10-13-6-4-5-9-16(13)18(15)19-17;13-11(14)7-9-6-5-8-3-1-2-4-10(8)12(9)15/h1-12,19H;1-7H,15H2. The number of nitrogens with two attached hydrogens (primary N) is 1. The summed E-state index contributed by atoms with van der Waals surface area (Å²) in [7, 11) is 0. The summed E-state index contributed by atoms with van der Waals surface area (Å²) in [6.07, 6.45) is 1.95. The highest BCUT2D eigenvalue weighted by molar-refractivity contribution is 9.28. The number of aromatic nitrogens is 1. The summed E-state index contributed by atoms with van der Waals surface area (Å²) in [5.41, 5.74) is 11.5. The molecular formula is C30H22Br2N2. The molecule has 0 radical (unpaired) electrons. The number of aromatic amines is 1. The predicted octanol–water partition coefficient (Wildman–Crippen LogP) is 9.50. The number of nitrogen functional groups attached to an aromatic ring is 1. The third-order valence-corrected chi connectivity index (χ3v) is 6.33. The zero-order valence-corrected chi connectivity index (χ0v) is 21.5. The number of H-pyrrole nitrogens is 1. The molecule has 0 bridgehead atoms. The van der Waals surface area contributed by atoms with E-state index in [0.29, 0.717) is 0 Å². The molecule has 3 N–H and O–H groups in total. The van der Waals surface area contributed by atoms with Gasteiger partial charge in [-0.2, -0.15) is 0 Å². The number of hydrogen-bond donors (Lipinski definition) is 2. The van der Waals surface area contributed by atoms with Crippen molar-refractivity contribution < 1.29 is 0 Å². The van der Waals surface area contributed by atoms with E-state index in [1.54, 1.807) is 0 Å². The van der Waals surface area contributed by atoms with Crippen LogP contribution in [0.4, 0.5) is 5.69 Å². The quantitative estimate of drug-likeness (QED) is 0.200. The van der Waals surface area contributed by atoms with Gasteiger partial charge in [0.25, 0.3) is 0 Å². The first-order chi connectivity index (χ1) is 16.6. The topological polar surface area (TPSA) is 41.8 Å². The molecule has 2 nitrogen and oxygen atoms in total. The van der Waals surface area contributed by atoms with Gasteiger partial charge in [-0.25, -0.2) is 0 Å². The molecule has 0 atom stereocenters. The Morgan fingerprint density at radius 1 is 0.647 bits per heavy atom. The van der Waals surface area contributed by atoms with Crippen molar-refractivity contribution >= 4 is 76.1 Å². The molecule has 0 aliphatic rings. The van der Waals surface area contributed by atoms with E-state index >= 15 is 0 Å². The molecule has 0 unspecified atom stereocenters. The Morgan fingerprint density at radius 3 is 1.97 bits per heavy atom. The van der Waals surface area contributed by atoms with Crippen LogP contribution in [-0.2, 0) is 0 Å². The van der Waals surface area contributed by atoms with E-state index in [9.17, 15) is 0 Å². The molecule has 34 heavy (non-hydrogen) atoms. The minimum atomic E-state index is 0.810. The molecular weight excluding hydrogens is 548 g/mol. The molecule has 0 aliphatic carbocycles. The Morgan fingerprint density at radius 2 is 1.24 bits per heavy atom. The molecule has 1 heterocycles. The molecule has 5 aromatic carbocycles. The van der Waals surface area contributed by atoms with Gasteiger partial charge in [-0.1, -0.05) is 103 Å². The highest BCUT2D eigenvalue weighted by Gasteiger charge is 2.06. The van der Waals surface area contributed by atoms with Crippen LogP contribution in [0, 0.1) is 0 Å². The second kappa shape index (κ2) is 9.88. The first-order valence-corrected chi connectivity index (χ1v) is 12.5. The highest BCUT2D eigenvalue weighted by atomic mass is 79.9. The van der Waals surface area contributed by atoms with Crippen molar-refractivity contribution in [1.29, 1.82) is 0 Å². The number of halogens is 2.